The van der Waals surface area contributed by atoms with Gasteiger partial charge in [0.05, 0.1) is 45.9 Å². The molecule has 1 aromatic carbocycles. The monoisotopic (exact) mass is 342 g/mol. The lowest BCUT2D eigenvalue weighted by molar-refractivity contribution is -0.941. The van der Waals surface area contributed by atoms with E-state index in [0.29, 0.717) is 12.6 Å². The summed E-state index contributed by atoms with van der Waals surface area (Å²) in [7, 11) is 4.45. The van der Waals surface area contributed by atoms with Gasteiger partial charge < -0.3 is 19.6 Å². The van der Waals surface area contributed by atoms with Crippen molar-refractivity contribution in [2.75, 3.05) is 40.3 Å². The highest BCUT2D eigenvalue weighted by Crippen LogP contribution is 2.19. The van der Waals surface area contributed by atoms with Crippen LogP contribution in [0, 0.1) is 0 Å². The van der Waals surface area contributed by atoms with Crippen LogP contribution < -0.4 is 9.80 Å². The van der Waals surface area contributed by atoms with Crippen molar-refractivity contribution in [2.45, 2.75) is 38.0 Å². The molecule has 1 saturated heterocycles. The van der Waals surface area contributed by atoms with Gasteiger partial charge in [0.2, 0.25) is 0 Å². The Kier molecular flexibility index (Phi) is 7.31. The number of piperidine rings is 1. The normalized spacial score (nSPS) is 25.8. The second-order valence-electron chi connectivity index (χ2n) is 6.96. The average Bonchev–Trinajstić information content (AvgIpc) is 2.54. The van der Waals surface area contributed by atoms with Gasteiger partial charge in [-0.25, -0.2) is 0 Å². The molecule has 0 saturated carbocycles. The average molecular weight is 343 g/mol. The maximum Gasteiger partial charge on any atom is 0.126 e. The number of quaternary nitrogens is 2. The number of hydrogen-bond acceptors (Lipinski definition) is 2. The second kappa shape index (κ2) is 9.00. The Hall–Kier alpha value is -0.650. The van der Waals surface area contributed by atoms with Crippen LogP contribution in [0.25, 0.3) is 0 Å². The molecule has 0 aromatic heterocycles. The molecule has 0 radical (unpaired) electrons. The van der Waals surface area contributed by atoms with E-state index in [0.717, 1.165) is 17.1 Å². The summed E-state index contributed by atoms with van der Waals surface area (Å²) in [6.07, 6.45) is 2.03. The number of benzene rings is 1. The standard InChI is InChI=1S/C18H29ClN2O2/c1-14(15-4-6-16(19)7-5-15)23-13-18(22)12-21(3)17-8-10-20(2)11-9-17/h4-7,14,17-18,22H,8-13H2,1-3H3/p+2/t14-,18-/m1/s1. The Balaban J connectivity index is 1.71. The summed E-state index contributed by atoms with van der Waals surface area (Å²) >= 11 is 5.90. The van der Waals surface area contributed by atoms with Crippen LogP contribution in [0.3, 0.4) is 0 Å². The number of nitrogens with one attached hydrogen (secondary N) is 2. The van der Waals surface area contributed by atoms with E-state index in [1.54, 1.807) is 4.90 Å². The SMILES string of the molecule is C[C@@H](OC[C@H](O)C[NH+](C)C1CC[NH+](C)CC1)c1ccc(Cl)cc1. The minimum atomic E-state index is -0.420. The first kappa shape index (κ1) is 18.7. The molecule has 2 rings (SSSR count). The van der Waals surface area contributed by atoms with Gasteiger partial charge in [0.25, 0.3) is 0 Å². The van der Waals surface area contributed by atoms with Crippen molar-refractivity contribution < 1.29 is 19.6 Å². The number of rotatable bonds is 7. The summed E-state index contributed by atoms with van der Waals surface area (Å²) < 4.78 is 5.82. The maximum atomic E-state index is 10.3. The number of ether oxygens (including phenoxy) is 1. The van der Waals surface area contributed by atoms with Crippen molar-refractivity contribution in [3.8, 4) is 0 Å². The molecule has 23 heavy (non-hydrogen) atoms. The molecule has 1 heterocycles. The number of aliphatic hydroxyl groups excluding tert-OH is 1. The molecule has 0 amide bonds. The lowest BCUT2D eigenvalue weighted by Crippen LogP contribution is -3.18. The van der Waals surface area contributed by atoms with Gasteiger partial charge in [-0.2, -0.15) is 0 Å². The van der Waals surface area contributed by atoms with Crippen LogP contribution in [0.4, 0.5) is 0 Å². The zero-order valence-corrected chi connectivity index (χ0v) is 15.3. The zero-order valence-electron chi connectivity index (χ0n) is 14.5. The van der Waals surface area contributed by atoms with Gasteiger partial charge >= 0.3 is 0 Å². The van der Waals surface area contributed by atoms with E-state index in [-0.39, 0.29) is 6.10 Å². The molecule has 0 bridgehead atoms. The smallest absolute Gasteiger partial charge is 0.126 e. The largest absolute Gasteiger partial charge is 0.385 e. The van der Waals surface area contributed by atoms with E-state index >= 15 is 0 Å². The third kappa shape index (κ3) is 6.05. The van der Waals surface area contributed by atoms with E-state index in [9.17, 15) is 5.11 Å². The predicted octanol–water partition coefficient (Wildman–Crippen LogP) is -0.0297. The molecule has 3 N–H and O–H groups in total. The van der Waals surface area contributed by atoms with Crippen LogP contribution in [-0.2, 0) is 4.74 Å². The van der Waals surface area contributed by atoms with Gasteiger partial charge in [-0.15, -0.1) is 0 Å². The fourth-order valence-corrected chi connectivity index (χ4v) is 3.41. The van der Waals surface area contributed by atoms with E-state index in [4.69, 9.17) is 16.3 Å². The second-order valence-corrected chi connectivity index (χ2v) is 7.40. The molecule has 0 aliphatic carbocycles. The topological polar surface area (TPSA) is 38.3 Å². The molecular formula is C18H31ClN2O2+2. The Morgan fingerprint density at radius 3 is 2.52 bits per heavy atom. The van der Waals surface area contributed by atoms with Crippen molar-refractivity contribution in [2.24, 2.45) is 0 Å². The van der Waals surface area contributed by atoms with Crippen molar-refractivity contribution in [3.05, 3.63) is 34.9 Å². The zero-order chi connectivity index (χ0) is 16.8. The van der Waals surface area contributed by atoms with Crippen LogP contribution in [0.1, 0.15) is 31.4 Å². The first-order valence-electron chi connectivity index (χ1n) is 8.64. The van der Waals surface area contributed by atoms with E-state index < -0.39 is 6.10 Å². The van der Waals surface area contributed by atoms with E-state index in [2.05, 4.69) is 14.1 Å². The van der Waals surface area contributed by atoms with E-state index in [1.165, 1.54) is 30.8 Å². The van der Waals surface area contributed by atoms with Crippen LogP contribution in [-0.4, -0.2) is 57.6 Å². The van der Waals surface area contributed by atoms with Crippen molar-refractivity contribution in [3.63, 3.8) is 0 Å². The van der Waals surface area contributed by atoms with Crippen LogP contribution in [0.15, 0.2) is 24.3 Å². The molecule has 3 atom stereocenters. The lowest BCUT2D eigenvalue weighted by atomic mass is 10.0. The van der Waals surface area contributed by atoms with Gasteiger partial charge in [0, 0.05) is 17.9 Å². The fraction of sp³-hybridized carbons (Fsp3) is 0.667. The maximum absolute atomic E-state index is 10.3. The first-order chi connectivity index (χ1) is 11.0. The summed E-state index contributed by atoms with van der Waals surface area (Å²) in [5.74, 6) is 0. The summed E-state index contributed by atoms with van der Waals surface area (Å²) in [6, 6.07) is 8.34. The molecule has 1 fully saturated rings. The molecule has 4 nitrogen and oxygen atoms in total. The molecule has 130 valence electrons. The summed E-state index contributed by atoms with van der Waals surface area (Å²) in [6.45, 7) is 5.60. The van der Waals surface area contributed by atoms with Gasteiger partial charge in [-0.05, 0) is 24.6 Å². The number of likely N-dealkylation sites (tertiary alicyclic amines) is 1. The minimum Gasteiger partial charge on any atom is -0.385 e. The molecule has 1 aliphatic rings. The lowest BCUT2D eigenvalue weighted by Gasteiger charge is -2.31. The Morgan fingerprint density at radius 1 is 1.30 bits per heavy atom. The van der Waals surface area contributed by atoms with Crippen LogP contribution in [0.2, 0.25) is 5.02 Å². The predicted molar refractivity (Wildman–Crippen MR) is 93.2 cm³/mol. The molecule has 0 spiro atoms. The van der Waals surface area contributed by atoms with Gasteiger partial charge in [-0.3, -0.25) is 0 Å². The number of hydrogen-bond donors (Lipinski definition) is 3. The molecule has 5 heteroatoms. The number of likely N-dealkylation sites (N-methyl/N-ethyl adjacent to an activating group) is 1. The molecular weight excluding hydrogens is 312 g/mol. The third-order valence-corrected chi connectivity index (χ3v) is 5.22. The van der Waals surface area contributed by atoms with Crippen molar-refractivity contribution >= 4 is 11.6 Å². The molecule has 1 aromatic rings. The highest BCUT2D eigenvalue weighted by atomic mass is 35.5. The quantitative estimate of drug-likeness (QED) is 0.651. The number of aliphatic hydroxyl groups is 1. The number of halogens is 1. The summed E-state index contributed by atoms with van der Waals surface area (Å²) in [4.78, 5) is 3.04. The minimum absolute atomic E-state index is 0.0332. The fourth-order valence-electron chi connectivity index (χ4n) is 3.29. The summed E-state index contributed by atoms with van der Waals surface area (Å²) in [5, 5.41) is 11.0. The molecule has 1 unspecified atom stereocenters. The van der Waals surface area contributed by atoms with Gasteiger partial charge in [0.15, 0.2) is 0 Å². The van der Waals surface area contributed by atoms with Crippen LogP contribution in [0.5, 0.6) is 0 Å². The molecule has 1 aliphatic heterocycles. The Labute approximate surface area is 145 Å². The Morgan fingerprint density at radius 2 is 1.91 bits per heavy atom. The highest BCUT2D eigenvalue weighted by molar-refractivity contribution is 6.30. The highest BCUT2D eigenvalue weighted by Gasteiger charge is 2.27. The Bertz CT molecular complexity index is 461. The van der Waals surface area contributed by atoms with E-state index in [1.807, 2.05) is 31.2 Å². The third-order valence-electron chi connectivity index (χ3n) is 4.97. The van der Waals surface area contributed by atoms with Crippen molar-refractivity contribution in [1.82, 2.24) is 0 Å². The first-order valence-corrected chi connectivity index (χ1v) is 9.02. The van der Waals surface area contributed by atoms with Gasteiger partial charge in [0.1, 0.15) is 12.6 Å². The van der Waals surface area contributed by atoms with Crippen LogP contribution >= 0.6 is 11.6 Å². The van der Waals surface area contributed by atoms with Gasteiger partial charge in [-0.1, -0.05) is 23.7 Å². The van der Waals surface area contributed by atoms with Crippen molar-refractivity contribution in [1.29, 1.82) is 0 Å². The summed E-state index contributed by atoms with van der Waals surface area (Å²) in [5.41, 5.74) is 1.08.